The van der Waals surface area contributed by atoms with E-state index in [2.05, 4.69) is 0 Å². The van der Waals surface area contributed by atoms with Crippen molar-refractivity contribution in [3.05, 3.63) is 35.6 Å². The maximum Gasteiger partial charge on any atom is 0.234 e. The van der Waals surface area contributed by atoms with Crippen LogP contribution in [0.4, 0.5) is 4.39 Å². The Balaban J connectivity index is 1.98. The summed E-state index contributed by atoms with van der Waals surface area (Å²) in [5, 5.41) is 9.34. The second-order valence-corrected chi connectivity index (χ2v) is 6.31. The lowest BCUT2D eigenvalue weighted by Gasteiger charge is -2.39. The molecule has 1 saturated heterocycles. The molecule has 1 aliphatic heterocycles. The first-order valence-electron chi connectivity index (χ1n) is 6.61. The predicted molar refractivity (Wildman–Crippen MR) is 69.1 cm³/mol. The second kappa shape index (κ2) is 3.79. The summed E-state index contributed by atoms with van der Waals surface area (Å²) < 4.78 is 14.1. The lowest BCUT2D eigenvalue weighted by molar-refractivity contribution is -0.145. The molecule has 0 unspecified atom stereocenters. The van der Waals surface area contributed by atoms with Crippen LogP contribution in [0.2, 0.25) is 0 Å². The maximum absolute atomic E-state index is 14.1. The number of aliphatic hydroxyl groups excluding tert-OH is 1. The van der Waals surface area contributed by atoms with Gasteiger partial charge in [0.15, 0.2) is 0 Å². The number of β-amino-alcohol motifs (C(OH)–C–C–N with tert-alkyl or cyclic N) is 1. The highest BCUT2D eigenvalue weighted by atomic mass is 19.1. The molecule has 3 nitrogen and oxygen atoms in total. The van der Waals surface area contributed by atoms with Crippen LogP contribution in [0, 0.1) is 11.2 Å². The van der Waals surface area contributed by atoms with E-state index in [9.17, 15) is 14.3 Å². The van der Waals surface area contributed by atoms with Gasteiger partial charge in [0.25, 0.3) is 0 Å². The standard InChI is InChI=1S/C15H18FNO2/c1-14(2)9-15(14,11-5-3-4-6-12(11)16)13(19)17-7-10(18)8-17/h3-6,10,18H,7-9H2,1-2H3/t15-/m0/s1. The molecule has 1 heterocycles. The van der Waals surface area contributed by atoms with Crippen LogP contribution in [0.3, 0.4) is 0 Å². The van der Waals surface area contributed by atoms with Crippen LogP contribution in [0.5, 0.6) is 0 Å². The molecule has 4 heteroatoms. The maximum atomic E-state index is 14.1. The smallest absolute Gasteiger partial charge is 0.234 e. The van der Waals surface area contributed by atoms with Gasteiger partial charge in [0.05, 0.1) is 11.5 Å². The summed E-state index contributed by atoms with van der Waals surface area (Å²) in [6, 6.07) is 6.52. The SMILES string of the molecule is CC1(C)C[C@@]1(C(=O)N1CC(O)C1)c1ccccc1F. The van der Waals surface area contributed by atoms with Crippen LogP contribution in [-0.4, -0.2) is 35.1 Å². The molecule has 1 atom stereocenters. The van der Waals surface area contributed by atoms with Crippen molar-refractivity contribution in [1.29, 1.82) is 0 Å². The number of hydrogen-bond acceptors (Lipinski definition) is 2. The van der Waals surface area contributed by atoms with Gasteiger partial charge < -0.3 is 10.0 Å². The van der Waals surface area contributed by atoms with Gasteiger partial charge in [-0.1, -0.05) is 32.0 Å². The number of nitrogens with zero attached hydrogens (tertiary/aromatic N) is 1. The van der Waals surface area contributed by atoms with Crippen molar-refractivity contribution in [2.45, 2.75) is 31.8 Å². The third-order valence-corrected chi connectivity index (χ3v) is 4.59. The number of amides is 1. The summed E-state index contributed by atoms with van der Waals surface area (Å²) in [4.78, 5) is 14.3. The van der Waals surface area contributed by atoms with Gasteiger partial charge in [0.1, 0.15) is 5.82 Å². The Morgan fingerprint density at radius 1 is 1.37 bits per heavy atom. The van der Waals surface area contributed by atoms with E-state index in [4.69, 9.17) is 0 Å². The highest BCUT2D eigenvalue weighted by molar-refractivity contribution is 5.93. The van der Waals surface area contributed by atoms with Crippen molar-refractivity contribution >= 4 is 5.91 Å². The molecule has 1 N–H and O–H groups in total. The molecule has 0 bridgehead atoms. The Bertz CT molecular complexity index is 537. The van der Waals surface area contributed by atoms with Crippen LogP contribution in [0.15, 0.2) is 24.3 Å². The molecule has 102 valence electrons. The summed E-state index contributed by atoms with van der Waals surface area (Å²) in [5.41, 5.74) is -0.489. The molecular formula is C15H18FNO2. The molecule has 0 spiro atoms. The molecule has 1 aromatic rings. The van der Waals surface area contributed by atoms with E-state index in [0.717, 1.165) is 0 Å². The van der Waals surface area contributed by atoms with Gasteiger partial charge >= 0.3 is 0 Å². The van der Waals surface area contributed by atoms with Crippen molar-refractivity contribution in [2.24, 2.45) is 5.41 Å². The second-order valence-electron chi connectivity index (χ2n) is 6.31. The van der Waals surface area contributed by atoms with Gasteiger partial charge in [0.2, 0.25) is 5.91 Å². The van der Waals surface area contributed by atoms with Crippen molar-refractivity contribution in [3.63, 3.8) is 0 Å². The fourth-order valence-electron chi connectivity index (χ4n) is 3.26. The Morgan fingerprint density at radius 2 is 1.95 bits per heavy atom. The summed E-state index contributed by atoms with van der Waals surface area (Å²) >= 11 is 0. The number of carbonyl (C=O) groups is 1. The monoisotopic (exact) mass is 263 g/mol. The van der Waals surface area contributed by atoms with Crippen LogP contribution < -0.4 is 0 Å². The Kier molecular flexibility index (Phi) is 2.52. The molecular weight excluding hydrogens is 245 g/mol. The van der Waals surface area contributed by atoms with Crippen molar-refractivity contribution < 1.29 is 14.3 Å². The molecule has 1 aromatic carbocycles. The van der Waals surface area contributed by atoms with Crippen LogP contribution in [0.1, 0.15) is 25.8 Å². The van der Waals surface area contributed by atoms with E-state index in [1.165, 1.54) is 6.07 Å². The van der Waals surface area contributed by atoms with E-state index < -0.39 is 11.5 Å². The number of hydrogen-bond donors (Lipinski definition) is 1. The highest BCUT2D eigenvalue weighted by Gasteiger charge is 2.69. The Morgan fingerprint density at radius 3 is 2.42 bits per heavy atom. The molecule has 0 aromatic heterocycles. The minimum atomic E-state index is -0.752. The topological polar surface area (TPSA) is 40.5 Å². The minimum Gasteiger partial charge on any atom is -0.389 e. The summed E-state index contributed by atoms with van der Waals surface area (Å²) in [6.45, 7) is 4.72. The van der Waals surface area contributed by atoms with E-state index in [-0.39, 0.29) is 17.1 Å². The predicted octanol–water partition coefficient (Wildman–Crippen LogP) is 1.70. The van der Waals surface area contributed by atoms with E-state index in [0.29, 0.717) is 25.1 Å². The fourth-order valence-corrected chi connectivity index (χ4v) is 3.26. The highest BCUT2D eigenvalue weighted by Crippen LogP contribution is 2.65. The van der Waals surface area contributed by atoms with Gasteiger partial charge in [0, 0.05) is 18.7 Å². The zero-order valence-electron chi connectivity index (χ0n) is 11.2. The summed E-state index contributed by atoms with van der Waals surface area (Å²) in [5.74, 6) is -0.365. The van der Waals surface area contributed by atoms with Gasteiger partial charge in [-0.2, -0.15) is 0 Å². The molecule has 1 amide bonds. The third-order valence-electron chi connectivity index (χ3n) is 4.59. The summed E-state index contributed by atoms with van der Waals surface area (Å²) in [6.07, 6.45) is 0.232. The molecule has 2 aliphatic rings. The number of halogens is 1. The fraction of sp³-hybridized carbons (Fsp3) is 0.533. The zero-order valence-corrected chi connectivity index (χ0v) is 11.2. The zero-order chi connectivity index (χ0) is 13.8. The van der Waals surface area contributed by atoms with Gasteiger partial charge in [-0.15, -0.1) is 0 Å². The number of aliphatic hydroxyl groups is 1. The number of benzene rings is 1. The minimum absolute atomic E-state index is 0.0482. The lowest BCUT2D eigenvalue weighted by atomic mass is 9.85. The Labute approximate surface area is 112 Å². The largest absolute Gasteiger partial charge is 0.389 e. The average Bonchev–Trinajstić information content (AvgIpc) is 2.89. The number of likely N-dealkylation sites (tertiary alicyclic amines) is 1. The first-order chi connectivity index (χ1) is 8.88. The number of rotatable bonds is 2. The van der Waals surface area contributed by atoms with E-state index >= 15 is 0 Å². The first kappa shape index (κ1) is 12.6. The molecule has 0 radical (unpaired) electrons. The van der Waals surface area contributed by atoms with E-state index in [1.54, 1.807) is 23.1 Å². The molecule has 1 saturated carbocycles. The van der Waals surface area contributed by atoms with Gasteiger partial charge in [-0.25, -0.2) is 4.39 Å². The average molecular weight is 263 g/mol. The van der Waals surface area contributed by atoms with Crippen LogP contribution in [0.25, 0.3) is 0 Å². The first-order valence-corrected chi connectivity index (χ1v) is 6.61. The molecule has 2 fully saturated rings. The van der Waals surface area contributed by atoms with Crippen molar-refractivity contribution in [3.8, 4) is 0 Å². The van der Waals surface area contributed by atoms with E-state index in [1.807, 2.05) is 13.8 Å². The Hall–Kier alpha value is -1.42. The van der Waals surface area contributed by atoms with Gasteiger partial charge in [-0.05, 0) is 17.9 Å². The quantitative estimate of drug-likeness (QED) is 0.882. The molecule has 1 aliphatic carbocycles. The molecule has 3 rings (SSSR count). The normalized spacial score (nSPS) is 28.9. The lowest BCUT2D eigenvalue weighted by Crippen LogP contribution is -2.57. The third kappa shape index (κ3) is 1.62. The van der Waals surface area contributed by atoms with Crippen LogP contribution in [-0.2, 0) is 10.2 Å². The summed E-state index contributed by atoms with van der Waals surface area (Å²) in [7, 11) is 0. The van der Waals surface area contributed by atoms with Crippen LogP contribution >= 0.6 is 0 Å². The molecule has 19 heavy (non-hydrogen) atoms. The van der Waals surface area contributed by atoms with Crippen molar-refractivity contribution in [1.82, 2.24) is 4.90 Å². The number of carbonyl (C=O) groups excluding carboxylic acids is 1. The van der Waals surface area contributed by atoms with Crippen molar-refractivity contribution in [2.75, 3.05) is 13.1 Å². The van der Waals surface area contributed by atoms with Gasteiger partial charge in [-0.3, -0.25) is 4.79 Å².